The van der Waals surface area contributed by atoms with E-state index in [1.807, 2.05) is 18.2 Å². The highest BCUT2D eigenvalue weighted by molar-refractivity contribution is 9.10. The number of nitrogens with zero attached hydrogens (tertiary/aromatic N) is 4. The van der Waals surface area contributed by atoms with Gasteiger partial charge in [-0.25, -0.2) is 4.98 Å². The highest BCUT2D eigenvalue weighted by Crippen LogP contribution is 2.25. The third-order valence-corrected chi connectivity index (χ3v) is 2.89. The zero-order chi connectivity index (χ0) is 10.4. The van der Waals surface area contributed by atoms with Crippen molar-refractivity contribution in [1.29, 1.82) is 0 Å². The summed E-state index contributed by atoms with van der Waals surface area (Å²) in [6.45, 7) is 0. The maximum atomic E-state index is 5.79. The largest absolute Gasteiger partial charge is 0.369 e. The fourth-order valence-corrected chi connectivity index (χ4v) is 2.02. The number of halogens is 1. The van der Waals surface area contributed by atoms with Gasteiger partial charge in [-0.2, -0.15) is 0 Å². The number of fused-ring (bicyclic) bond motifs is 3. The van der Waals surface area contributed by atoms with Gasteiger partial charge in [-0.1, -0.05) is 6.07 Å². The Morgan fingerprint density at radius 3 is 3.07 bits per heavy atom. The Labute approximate surface area is 93.1 Å². The van der Waals surface area contributed by atoms with Gasteiger partial charge in [0.25, 0.3) is 0 Å². The van der Waals surface area contributed by atoms with E-state index in [0.717, 1.165) is 21.0 Å². The minimum atomic E-state index is 0.384. The third-order valence-electron chi connectivity index (χ3n) is 2.25. The lowest BCUT2D eigenvalue weighted by Crippen LogP contribution is -2.00. The van der Waals surface area contributed by atoms with Crippen LogP contribution in [0.1, 0.15) is 0 Å². The number of anilines is 1. The lowest BCUT2D eigenvalue weighted by molar-refractivity contribution is 1.09. The van der Waals surface area contributed by atoms with Crippen LogP contribution in [0.2, 0.25) is 0 Å². The number of aromatic nitrogens is 4. The molecular formula is C9H6BrN5. The summed E-state index contributed by atoms with van der Waals surface area (Å²) in [6.07, 6.45) is 1.55. The molecule has 5 nitrogen and oxygen atoms in total. The highest BCUT2D eigenvalue weighted by Gasteiger charge is 2.08. The van der Waals surface area contributed by atoms with Crippen molar-refractivity contribution in [2.75, 3.05) is 5.73 Å². The standard InChI is InChI=1S/C9H6BrN5/c10-6-3-1-2-5-7(6)13-9(11)15-4-12-14-8(5)15/h1-4H,(H2,11,13). The van der Waals surface area contributed by atoms with Crippen molar-refractivity contribution in [3.05, 3.63) is 29.0 Å². The van der Waals surface area contributed by atoms with E-state index in [4.69, 9.17) is 5.73 Å². The number of para-hydroxylation sites is 1. The van der Waals surface area contributed by atoms with Crippen molar-refractivity contribution in [3.8, 4) is 0 Å². The van der Waals surface area contributed by atoms with Crippen LogP contribution in [0.5, 0.6) is 0 Å². The van der Waals surface area contributed by atoms with Crippen LogP contribution in [-0.2, 0) is 0 Å². The molecule has 0 aliphatic rings. The van der Waals surface area contributed by atoms with Gasteiger partial charge in [-0.05, 0) is 28.1 Å². The van der Waals surface area contributed by atoms with E-state index in [1.54, 1.807) is 10.7 Å². The fraction of sp³-hybridized carbons (Fsp3) is 0. The number of rotatable bonds is 0. The lowest BCUT2D eigenvalue weighted by atomic mass is 10.2. The van der Waals surface area contributed by atoms with E-state index in [9.17, 15) is 0 Å². The minimum Gasteiger partial charge on any atom is -0.369 e. The van der Waals surface area contributed by atoms with E-state index in [-0.39, 0.29) is 0 Å². The van der Waals surface area contributed by atoms with Crippen LogP contribution >= 0.6 is 15.9 Å². The van der Waals surface area contributed by atoms with Crippen LogP contribution in [0.4, 0.5) is 5.95 Å². The van der Waals surface area contributed by atoms with Crippen molar-refractivity contribution >= 4 is 38.4 Å². The van der Waals surface area contributed by atoms with Crippen LogP contribution < -0.4 is 5.73 Å². The zero-order valence-corrected chi connectivity index (χ0v) is 9.14. The Hall–Kier alpha value is -1.69. The van der Waals surface area contributed by atoms with Gasteiger partial charge in [0.15, 0.2) is 5.65 Å². The molecule has 2 N–H and O–H groups in total. The second-order valence-electron chi connectivity index (χ2n) is 3.13. The topological polar surface area (TPSA) is 69.1 Å². The molecule has 2 aromatic heterocycles. The Balaban J connectivity index is 2.66. The molecule has 0 fully saturated rings. The molecule has 1 aromatic carbocycles. The maximum Gasteiger partial charge on any atom is 0.207 e. The quantitative estimate of drug-likeness (QED) is 0.669. The molecule has 0 radical (unpaired) electrons. The maximum absolute atomic E-state index is 5.79. The molecule has 6 heteroatoms. The summed E-state index contributed by atoms with van der Waals surface area (Å²) >= 11 is 3.43. The monoisotopic (exact) mass is 263 g/mol. The van der Waals surface area contributed by atoms with Crippen LogP contribution in [0.3, 0.4) is 0 Å². The first-order chi connectivity index (χ1) is 7.27. The molecule has 3 rings (SSSR count). The van der Waals surface area contributed by atoms with Gasteiger partial charge in [0.05, 0.1) is 5.52 Å². The summed E-state index contributed by atoms with van der Waals surface area (Å²) in [6, 6.07) is 5.79. The summed E-state index contributed by atoms with van der Waals surface area (Å²) in [5, 5.41) is 8.77. The number of hydrogen-bond acceptors (Lipinski definition) is 4. The molecule has 0 unspecified atom stereocenters. The first-order valence-corrected chi connectivity index (χ1v) is 5.10. The van der Waals surface area contributed by atoms with Gasteiger partial charge >= 0.3 is 0 Å². The first kappa shape index (κ1) is 8.60. The number of benzene rings is 1. The van der Waals surface area contributed by atoms with Gasteiger partial charge in [-0.3, -0.25) is 4.40 Å². The molecule has 0 saturated heterocycles. The number of nitrogens with two attached hydrogens (primary N) is 1. The Bertz CT molecular complexity index is 660. The summed E-state index contributed by atoms with van der Waals surface area (Å²) < 4.78 is 2.56. The lowest BCUT2D eigenvalue weighted by Gasteiger charge is -2.03. The van der Waals surface area contributed by atoms with Crippen LogP contribution in [0.15, 0.2) is 29.0 Å². The normalized spacial score (nSPS) is 11.3. The molecule has 0 spiro atoms. The Morgan fingerprint density at radius 2 is 2.20 bits per heavy atom. The summed E-state index contributed by atoms with van der Waals surface area (Å²) in [7, 11) is 0. The minimum absolute atomic E-state index is 0.384. The van der Waals surface area contributed by atoms with Gasteiger partial charge in [-0.15, -0.1) is 10.2 Å². The summed E-state index contributed by atoms with van der Waals surface area (Å²) in [5.74, 6) is 0.384. The smallest absolute Gasteiger partial charge is 0.207 e. The summed E-state index contributed by atoms with van der Waals surface area (Å²) in [5.41, 5.74) is 7.31. The van der Waals surface area contributed by atoms with Crippen molar-refractivity contribution in [2.24, 2.45) is 0 Å². The highest BCUT2D eigenvalue weighted by atomic mass is 79.9. The van der Waals surface area contributed by atoms with Gasteiger partial charge in [0.1, 0.15) is 6.33 Å². The molecule has 0 aliphatic carbocycles. The predicted octanol–water partition coefficient (Wildman–Crippen LogP) is 1.62. The molecular weight excluding hydrogens is 258 g/mol. The van der Waals surface area contributed by atoms with Gasteiger partial charge in [0.2, 0.25) is 5.95 Å². The average Bonchev–Trinajstić information content (AvgIpc) is 2.69. The first-order valence-electron chi connectivity index (χ1n) is 4.31. The number of nitrogen functional groups attached to an aromatic ring is 1. The zero-order valence-electron chi connectivity index (χ0n) is 7.55. The number of hydrogen-bond donors (Lipinski definition) is 1. The molecule has 74 valence electrons. The molecule has 0 amide bonds. The molecule has 3 aromatic rings. The van der Waals surface area contributed by atoms with Crippen LogP contribution in [0, 0.1) is 0 Å². The Kier molecular flexibility index (Phi) is 1.66. The molecule has 15 heavy (non-hydrogen) atoms. The second kappa shape index (κ2) is 2.90. The SMILES string of the molecule is Nc1nc2c(Br)cccc2c2nncn12. The predicted molar refractivity (Wildman–Crippen MR) is 60.4 cm³/mol. The van der Waals surface area contributed by atoms with Gasteiger partial charge in [0, 0.05) is 9.86 Å². The van der Waals surface area contributed by atoms with Crippen LogP contribution in [-0.4, -0.2) is 19.6 Å². The van der Waals surface area contributed by atoms with Crippen molar-refractivity contribution in [1.82, 2.24) is 19.6 Å². The van der Waals surface area contributed by atoms with Crippen molar-refractivity contribution in [3.63, 3.8) is 0 Å². The molecule has 2 heterocycles. The average molecular weight is 264 g/mol. The van der Waals surface area contributed by atoms with E-state index < -0.39 is 0 Å². The third kappa shape index (κ3) is 1.11. The van der Waals surface area contributed by atoms with E-state index in [0.29, 0.717) is 5.95 Å². The molecule has 0 atom stereocenters. The van der Waals surface area contributed by atoms with Gasteiger partial charge < -0.3 is 5.73 Å². The van der Waals surface area contributed by atoms with Crippen LogP contribution in [0.25, 0.3) is 16.6 Å². The second-order valence-corrected chi connectivity index (χ2v) is 3.98. The van der Waals surface area contributed by atoms with E-state index in [1.165, 1.54) is 0 Å². The molecule has 0 aliphatic heterocycles. The van der Waals surface area contributed by atoms with Crippen molar-refractivity contribution < 1.29 is 0 Å². The fourth-order valence-electron chi connectivity index (χ4n) is 1.56. The van der Waals surface area contributed by atoms with E-state index in [2.05, 4.69) is 31.1 Å². The van der Waals surface area contributed by atoms with E-state index >= 15 is 0 Å². The summed E-state index contributed by atoms with van der Waals surface area (Å²) in [4.78, 5) is 4.29. The molecule has 0 bridgehead atoms. The molecule has 0 saturated carbocycles. The van der Waals surface area contributed by atoms with Crippen molar-refractivity contribution in [2.45, 2.75) is 0 Å². The Morgan fingerprint density at radius 1 is 1.33 bits per heavy atom.